The number of para-hydroxylation sites is 1. The van der Waals surface area contributed by atoms with Gasteiger partial charge in [0.1, 0.15) is 0 Å². The fraction of sp³-hybridized carbons (Fsp3) is 0.111. The van der Waals surface area contributed by atoms with Crippen molar-refractivity contribution in [2.75, 3.05) is 0 Å². The third kappa shape index (κ3) is 6.07. The summed E-state index contributed by atoms with van der Waals surface area (Å²) in [6.45, 7) is 0.0191. The molecule has 42 heavy (non-hydrogen) atoms. The number of hydrogen-bond acceptors (Lipinski definition) is 8. The molecule has 1 amide bonds. The van der Waals surface area contributed by atoms with Crippen LogP contribution in [-0.2, 0) is 27.5 Å². The highest BCUT2D eigenvalue weighted by molar-refractivity contribution is 7.89. The molecule has 0 spiro atoms. The average Bonchev–Trinajstić information content (AvgIpc) is 3.64. The maximum Gasteiger partial charge on any atom is 0.434 e. The van der Waals surface area contributed by atoms with E-state index in [1.165, 1.54) is 60.7 Å². The zero-order valence-electron chi connectivity index (χ0n) is 21.4. The van der Waals surface area contributed by atoms with Gasteiger partial charge in [0.05, 0.1) is 22.3 Å². The van der Waals surface area contributed by atoms with Crippen molar-refractivity contribution in [3.05, 3.63) is 102 Å². The normalized spacial score (nSPS) is 12.7. The van der Waals surface area contributed by atoms with Crippen LogP contribution in [0.5, 0.6) is 0 Å². The molecule has 0 aliphatic rings. The Hall–Kier alpha value is -4.86. The maximum atomic E-state index is 14.0. The highest BCUT2D eigenvalue weighted by atomic mass is 32.2. The van der Waals surface area contributed by atoms with E-state index >= 15 is 0 Å². The number of halogens is 3. The number of aromatic nitrogens is 4. The molecule has 11 nitrogen and oxygen atoms in total. The molecule has 0 aliphatic heterocycles. The minimum atomic E-state index is -4.77. The molecular weight excluding hydrogens is 577 g/mol. The molecule has 4 N–H and O–H groups in total. The summed E-state index contributed by atoms with van der Waals surface area (Å²) in [6.07, 6.45) is -5.31. The van der Waals surface area contributed by atoms with Crippen LogP contribution < -0.4 is 10.5 Å². The first kappa shape index (κ1) is 28.7. The van der Waals surface area contributed by atoms with Crippen LogP contribution in [0.25, 0.3) is 28.5 Å². The van der Waals surface area contributed by atoms with E-state index in [-0.39, 0.29) is 34.4 Å². The van der Waals surface area contributed by atoms with E-state index in [0.717, 1.165) is 10.9 Å². The standard InChI is InChI=1S/C27H21F3N6O5S/c28-27(29,30)23-21(15-33-36(23)19-4-2-1-3-5-19)26-34-24(35-41-26)18-10-8-17(9-11-18)22(37)25(38)32-14-16-6-12-20(13-7-16)42(31,39)40/h1-13,15,22,37H,14H2,(H,32,38)(H2,31,39,40). The first-order valence-electron chi connectivity index (χ1n) is 12.1. The lowest BCUT2D eigenvalue weighted by molar-refractivity contribution is -0.142. The first-order valence-corrected chi connectivity index (χ1v) is 13.7. The smallest absolute Gasteiger partial charge is 0.378 e. The van der Waals surface area contributed by atoms with Crippen LogP contribution in [0.1, 0.15) is 22.9 Å². The van der Waals surface area contributed by atoms with Crippen LogP contribution >= 0.6 is 0 Å². The molecule has 0 fully saturated rings. The van der Waals surface area contributed by atoms with Crippen molar-refractivity contribution in [3.63, 3.8) is 0 Å². The monoisotopic (exact) mass is 598 g/mol. The number of aliphatic hydroxyl groups excluding tert-OH is 1. The number of alkyl halides is 3. The van der Waals surface area contributed by atoms with E-state index in [0.29, 0.717) is 11.1 Å². The van der Waals surface area contributed by atoms with Gasteiger partial charge in [-0.1, -0.05) is 59.8 Å². The van der Waals surface area contributed by atoms with Gasteiger partial charge in [-0.2, -0.15) is 23.3 Å². The van der Waals surface area contributed by atoms with Gasteiger partial charge in [-0.3, -0.25) is 4.79 Å². The Bertz CT molecular complexity index is 1820. The molecule has 15 heteroatoms. The second-order valence-corrected chi connectivity index (χ2v) is 10.6. The van der Waals surface area contributed by atoms with Gasteiger partial charge in [-0.25, -0.2) is 18.2 Å². The molecule has 5 aromatic rings. The fourth-order valence-electron chi connectivity index (χ4n) is 4.04. The molecule has 3 aromatic carbocycles. The van der Waals surface area contributed by atoms with Gasteiger partial charge in [0.25, 0.3) is 11.8 Å². The number of amides is 1. The molecule has 216 valence electrons. The largest absolute Gasteiger partial charge is 0.434 e. The van der Waals surface area contributed by atoms with E-state index in [4.69, 9.17) is 9.66 Å². The topological polar surface area (TPSA) is 166 Å². The number of carbonyl (C=O) groups excluding carboxylic acids is 1. The van der Waals surface area contributed by atoms with Crippen molar-refractivity contribution in [2.45, 2.75) is 23.7 Å². The van der Waals surface area contributed by atoms with Gasteiger partial charge >= 0.3 is 6.18 Å². The van der Waals surface area contributed by atoms with E-state index in [2.05, 4.69) is 20.6 Å². The van der Waals surface area contributed by atoms with Gasteiger partial charge in [0.15, 0.2) is 11.8 Å². The molecule has 2 aromatic heterocycles. The lowest BCUT2D eigenvalue weighted by atomic mass is 10.1. The Labute approximate surface area is 236 Å². The fourth-order valence-corrected chi connectivity index (χ4v) is 4.56. The van der Waals surface area contributed by atoms with E-state index < -0.39 is 39.5 Å². The van der Waals surface area contributed by atoms with Crippen LogP contribution in [0.3, 0.4) is 0 Å². The summed E-state index contributed by atoms with van der Waals surface area (Å²) in [4.78, 5) is 16.5. The highest BCUT2D eigenvalue weighted by Crippen LogP contribution is 2.38. The molecule has 0 aliphatic carbocycles. The summed E-state index contributed by atoms with van der Waals surface area (Å²) in [5.74, 6) is -1.12. The van der Waals surface area contributed by atoms with Gasteiger partial charge in [0.2, 0.25) is 15.8 Å². The SMILES string of the molecule is NS(=O)(=O)c1ccc(CNC(=O)C(O)c2ccc(-c3noc(-c4cnn(-c5ccccc5)c4C(F)(F)F)n3)cc2)cc1. The number of benzene rings is 3. The Morgan fingerprint density at radius 1 is 1.02 bits per heavy atom. The Kier molecular flexibility index (Phi) is 7.64. The molecule has 0 saturated heterocycles. The van der Waals surface area contributed by atoms with Crippen molar-refractivity contribution < 1.29 is 36.0 Å². The van der Waals surface area contributed by atoms with Crippen molar-refractivity contribution in [2.24, 2.45) is 5.14 Å². The number of nitrogens with two attached hydrogens (primary N) is 1. The number of sulfonamides is 1. The molecule has 0 saturated carbocycles. The number of nitrogens with one attached hydrogen (secondary N) is 1. The molecular formula is C27H21F3N6O5S. The van der Waals surface area contributed by atoms with E-state index in [9.17, 15) is 31.5 Å². The van der Waals surface area contributed by atoms with Crippen LogP contribution in [0.2, 0.25) is 0 Å². The summed E-state index contributed by atoms with van der Waals surface area (Å²) >= 11 is 0. The maximum absolute atomic E-state index is 14.0. The highest BCUT2D eigenvalue weighted by Gasteiger charge is 2.40. The lowest BCUT2D eigenvalue weighted by Gasteiger charge is -2.12. The summed E-state index contributed by atoms with van der Waals surface area (Å²) in [5, 5.41) is 25.7. The summed E-state index contributed by atoms with van der Waals surface area (Å²) in [5.41, 5.74) is -0.0988. The number of carbonyl (C=O) groups is 1. The second kappa shape index (κ2) is 11.2. The average molecular weight is 599 g/mol. The lowest BCUT2D eigenvalue weighted by Crippen LogP contribution is -2.28. The van der Waals surface area contributed by atoms with E-state index in [1.807, 2.05) is 0 Å². The number of hydrogen-bond donors (Lipinski definition) is 3. The Balaban J connectivity index is 1.29. The van der Waals surface area contributed by atoms with Gasteiger partial charge in [-0.05, 0) is 35.4 Å². The minimum Gasteiger partial charge on any atom is -0.378 e. The third-order valence-corrected chi connectivity index (χ3v) is 7.08. The summed E-state index contributed by atoms with van der Waals surface area (Å²) in [7, 11) is -3.85. The molecule has 1 unspecified atom stereocenters. The van der Waals surface area contributed by atoms with Crippen molar-refractivity contribution >= 4 is 15.9 Å². The van der Waals surface area contributed by atoms with Gasteiger partial charge in [0, 0.05) is 12.1 Å². The third-order valence-electron chi connectivity index (χ3n) is 6.15. The number of nitrogens with zero attached hydrogens (tertiary/aromatic N) is 4. The van der Waals surface area contributed by atoms with Crippen LogP contribution in [0, 0.1) is 0 Å². The van der Waals surface area contributed by atoms with Crippen molar-refractivity contribution in [1.82, 2.24) is 25.2 Å². The molecule has 0 radical (unpaired) electrons. The van der Waals surface area contributed by atoms with Gasteiger partial charge < -0.3 is 14.9 Å². The quantitative estimate of drug-likeness (QED) is 0.244. The minimum absolute atomic E-state index is 0.0148. The number of primary sulfonamides is 1. The van der Waals surface area contributed by atoms with Crippen molar-refractivity contribution in [1.29, 1.82) is 0 Å². The number of aliphatic hydroxyl groups is 1. The van der Waals surface area contributed by atoms with Crippen LogP contribution in [-0.4, -0.2) is 39.4 Å². The molecule has 0 bridgehead atoms. The Morgan fingerprint density at radius 3 is 2.31 bits per heavy atom. The van der Waals surface area contributed by atoms with E-state index in [1.54, 1.807) is 18.2 Å². The van der Waals surface area contributed by atoms with Crippen LogP contribution in [0.4, 0.5) is 13.2 Å². The first-order chi connectivity index (χ1) is 19.9. The Morgan fingerprint density at radius 2 is 1.69 bits per heavy atom. The second-order valence-electron chi connectivity index (χ2n) is 9.01. The molecule has 2 heterocycles. The predicted molar refractivity (Wildman–Crippen MR) is 142 cm³/mol. The summed E-state index contributed by atoms with van der Waals surface area (Å²) in [6, 6.07) is 19.2. The van der Waals surface area contributed by atoms with Crippen molar-refractivity contribution in [3.8, 4) is 28.5 Å². The van der Waals surface area contributed by atoms with Crippen LogP contribution in [0.15, 0.2) is 94.5 Å². The van der Waals surface area contributed by atoms with Gasteiger partial charge in [-0.15, -0.1) is 0 Å². The molecule has 1 atom stereocenters. The molecule has 5 rings (SSSR count). The zero-order valence-corrected chi connectivity index (χ0v) is 22.2. The zero-order chi connectivity index (χ0) is 30.1. The number of rotatable bonds is 8. The summed E-state index contributed by atoms with van der Waals surface area (Å²) < 4.78 is 70.6. The predicted octanol–water partition coefficient (Wildman–Crippen LogP) is 3.61.